The van der Waals surface area contributed by atoms with Crippen molar-refractivity contribution in [2.75, 3.05) is 6.61 Å². The minimum absolute atomic E-state index is 0.495. The first kappa shape index (κ1) is 17.6. The third-order valence-corrected chi connectivity index (χ3v) is 3.94. The lowest BCUT2D eigenvalue weighted by Crippen LogP contribution is -2.32. The smallest absolute Gasteiger partial charge is 0.458 e. The lowest BCUT2D eigenvalue weighted by molar-refractivity contribution is -0.144. The molecule has 0 aromatic rings. The van der Waals surface area contributed by atoms with Crippen LogP contribution in [0.5, 0.6) is 0 Å². The van der Waals surface area contributed by atoms with Gasteiger partial charge < -0.3 is 22.8 Å². The minimum atomic E-state index is -2.96. The summed E-state index contributed by atoms with van der Waals surface area (Å²) in [6, 6.07) is 0. The van der Waals surface area contributed by atoms with Crippen LogP contribution in [0.25, 0.3) is 0 Å². The molecule has 1 aliphatic carbocycles. The SMILES string of the molecule is CC(=O)O[SiH](OC(C)=O)OC(C)=O.CCCOC1C2OC12. The van der Waals surface area contributed by atoms with Crippen molar-refractivity contribution in [2.45, 2.75) is 52.4 Å². The summed E-state index contributed by atoms with van der Waals surface area (Å²) in [5, 5.41) is 0. The van der Waals surface area contributed by atoms with Crippen LogP contribution < -0.4 is 0 Å². The molecule has 0 bridgehead atoms. The van der Waals surface area contributed by atoms with Crippen molar-refractivity contribution in [1.82, 2.24) is 0 Å². The molecule has 9 heteroatoms. The highest BCUT2D eigenvalue weighted by atomic mass is 28.3. The van der Waals surface area contributed by atoms with Gasteiger partial charge in [0.1, 0.15) is 18.3 Å². The number of carbonyl (C=O) groups excluding carboxylic acids is 3. The molecule has 0 amide bonds. The van der Waals surface area contributed by atoms with Crippen molar-refractivity contribution < 1.29 is 37.1 Å². The van der Waals surface area contributed by atoms with Crippen LogP contribution in [-0.2, 0) is 37.1 Å². The second kappa shape index (κ2) is 8.10. The van der Waals surface area contributed by atoms with Gasteiger partial charge in [-0.15, -0.1) is 0 Å². The second-order valence-corrected chi connectivity index (χ2v) is 5.80. The van der Waals surface area contributed by atoms with Gasteiger partial charge in [0.15, 0.2) is 0 Å². The molecule has 2 unspecified atom stereocenters. The van der Waals surface area contributed by atoms with Crippen LogP contribution in [0.4, 0.5) is 0 Å². The molecular weight excluding hydrogens is 300 g/mol. The number of ether oxygens (including phenoxy) is 2. The second-order valence-electron chi connectivity index (χ2n) is 4.52. The van der Waals surface area contributed by atoms with Crippen LogP contribution in [0.3, 0.4) is 0 Å². The summed E-state index contributed by atoms with van der Waals surface area (Å²) in [5.41, 5.74) is 0. The van der Waals surface area contributed by atoms with Crippen LogP contribution in [0.2, 0.25) is 0 Å². The third-order valence-electron chi connectivity index (χ3n) is 2.37. The zero-order chi connectivity index (χ0) is 16.0. The van der Waals surface area contributed by atoms with E-state index in [-0.39, 0.29) is 0 Å². The molecule has 120 valence electrons. The highest BCUT2D eigenvalue weighted by Gasteiger charge is 2.69. The van der Waals surface area contributed by atoms with Crippen LogP contribution in [-0.4, -0.2) is 52.4 Å². The van der Waals surface area contributed by atoms with Gasteiger partial charge in [-0.25, -0.2) is 0 Å². The Morgan fingerprint density at radius 1 is 0.952 bits per heavy atom. The minimum Gasteiger partial charge on any atom is -0.458 e. The number of hydrogen-bond donors (Lipinski definition) is 0. The van der Waals surface area contributed by atoms with E-state index in [1.165, 1.54) is 0 Å². The van der Waals surface area contributed by atoms with Crippen LogP contribution in [0.15, 0.2) is 0 Å². The number of epoxide rings is 1. The van der Waals surface area contributed by atoms with Crippen molar-refractivity contribution in [3.63, 3.8) is 0 Å². The van der Waals surface area contributed by atoms with E-state index < -0.39 is 27.4 Å². The number of carbonyl (C=O) groups is 3. The van der Waals surface area contributed by atoms with Gasteiger partial charge in [-0.3, -0.25) is 14.4 Å². The summed E-state index contributed by atoms with van der Waals surface area (Å²) in [6.07, 6.45) is 2.65. The molecule has 0 radical (unpaired) electrons. The van der Waals surface area contributed by atoms with Gasteiger partial charge in [-0.1, -0.05) is 6.92 Å². The van der Waals surface area contributed by atoms with E-state index in [4.69, 9.17) is 9.47 Å². The zero-order valence-corrected chi connectivity index (χ0v) is 13.6. The average Bonchev–Trinajstić information content (AvgIpc) is 3.17. The van der Waals surface area contributed by atoms with Gasteiger partial charge in [-0.2, -0.15) is 0 Å². The molecule has 0 aromatic carbocycles. The lowest BCUT2D eigenvalue weighted by Gasteiger charge is -2.12. The van der Waals surface area contributed by atoms with Crippen LogP contribution >= 0.6 is 0 Å². The largest absolute Gasteiger partial charge is 0.689 e. The molecule has 1 saturated carbocycles. The normalized spacial score (nSPS) is 24.1. The molecule has 2 aliphatic rings. The Kier molecular flexibility index (Phi) is 6.79. The van der Waals surface area contributed by atoms with Crippen molar-refractivity contribution >= 4 is 27.4 Å². The first-order chi connectivity index (χ1) is 9.85. The van der Waals surface area contributed by atoms with Gasteiger partial charge >= 0.3 is 9.53 Å². The van der Waals surface area contributed by atoms with Crippen molar-refractivity contribution in [2.24, 2.45) is 0 Å². The maximum atomic E-state index is 10.4. The van der Waals surface area contributed by atoms with E-state index in [0.717, 1.165) is 33.8 Å². The van der Waals surface area contributed by atoms with Crippen molar-refractivity contribution in [3.8, 4) is 0 Å². The topological polar surface area (TPSA) is 101 Å². The summed E-state index contributed by atoms with van der Waals surface area (Å²) in [7, 11) is -2.96. The summed E-state index contributed by atoms with van der Waals surface area (Å²) in [6.45, 7) is 6.42. The molecule has 21 heavy (non-hydrogen) atoms. The molecule has 2 rings (SSSR count). The zero-order valence-electron chi connectivity index (χ0n) is 12.5. The maximum absolute atomic E-state index is 10.4. The molecule has 1 heterocycles. The van der Waals surface area contributed by atoms with Crippen molar-refractivity contribution in [1.29, 1.82) is 0 Å². The first-order valence-electron chi connectivity index (χ1n) is 6.63. The maximum Gasteiger partial charge on any atom is 0.689 e. The van der Waals surface area contributed by atoms with Gasteiger partial charge in [-0.05, 0) is 6.42 Å². The molecule has 0 spiro atoms. The van der Waals surface area contributed by atoms with Gasteiger partial charge in [0.05, 0.1) is 0 Å². The van der Waals surface area contributed by atoms with Gasteiger partial charge in [0.2, 0.25) is 0 Å². The average molecular weight is 320 g/mol. The molecule has 1 saturated heterocycles. The lowest BCUT2D eigenvalue weighted by atomic mass is 10.5. The Balaban J connectivity index is 0.000000230. The van der Waals surface area contributed by atoms with Crippen LogP contribution in [0.1, 0.15) is 34.1 Å². The van der Waals surface area contributed by atoms with Crippen LogP contribution in [0, 0.1) is 0 Å². The quantitative estimate of drug-likeness (QED) is 0.496. The highest BCUT2D eigenvalue weighted by Crippen LogP contribution is 2.49. The van der Waals surface area contributed by atoms with E-state index in [1.54, 1.807) is 0 Å². The third kappa shape index (κ3) is 7.21. The molecular formula is C12H20O8Si. The van der Waals surface area contributed by atoms with E-state index in [2.05, 4.69) is 20.2 Å². The Morgan fingerprint density at radius 2 is 1.38 bits per heavy atom. The number of fused-ring (bicyclic) bond motifs is 1. The highest BCUT2D eigenvalue weighted by molar-refractivity contribution is 6.43. The monoisotopic (exact) mass is 320 g/mol. The fourth-order valence-electron chi connectivity index (χ4n) is 1.36. The Bertz CT molecular complexity index is 353. The summed E-state index contributed by atoms with van der Waals surface area (Å²) in [5.74, 6) is -1.96. The van der Waals surface area contributed by atoms with E-state index >= 15 is 0 Å². The van der Waals surface area contributed by atoms with Gasteiger partial charge in [0, 0.05) is 27.4 Å². The predicted octanol–water partition coefficient (Wildman–Crippen LogP) is -0.0445. The summed E-state index contributed by atoms with van der Waals surface area (Å²) >= 11 is 0. The Hall–Kier alpha value is -1.45. The molecule has 0 aromatic heterocycles. The van der Waals surface area contributed by atoms with E-state index in [1.807, 2.05) is 0 Å². The Labute approximate surface area is 124 Å². The fraction of sp³-hybridized carbons (Fsp3) is 0.750. The van der Waals surface area contributed by atoms with Gasteiger partial charge in [0.25, 0.3) is 17.9 Å². The van der Waals surface area contributed by atoms with Crippen molar-refractivity contribution in [3.05, 3.63) is 0 Å². The van der Waals surface area contributed by atoms with E-state index in [0.29, 0.717) is 18.3 Å². The number of rotatable bonds is 6. The summed E-state index contributed by atoms with van der Waals surface area (Å²) < 4.78 is 23.8. The molecule has 1 aliphatic heterocycles. The number of hydrogen-bond acceptors (Lipinski definition) is 8. The standard InChI is InChI=1S/C6H10O6Si.C6H10O2/c1-4(7)10-13(11-5(2)8)12-6(3)9;1-2-3-7-4-5-6(4)8-5/h13H,1-3H3;4-6H,2-3H2,1H3. The Morgan fingerprint density at radius 3 is 1.62 bits per heavy atom. The molecule has 2 atom stereocenters. The molecule has 8 nitrogen and oxygen atoms in total. The molecule has 2 fully saturated rings. The molecule has 0 N–H and O–H groups in total. The van der Waals surface area contributed by atoms with E-state index in [9.17, 15) is 14.4 Å². The fourth-order valence-corrected chi connectivity index (χ4v) is 2.31. The summed E-state index contributed by atoms with van der Waals surface area (Å²) in [4.78, 5) is 31.3. The predicted molar refractivity (Wildman–Crippen MR) is 71.1 cm³/mol. The first-order valence-corrected chi connectivity index (χ1v) is 8.05.